The number of pyridine rings is 1. The number of piperidine rings is 1. The van der Waals surface area contributed by atoms with E-state index in [1.807, 2.05) is 18.2 Å². The van der Waals surface area contributed by atoms with E-state index in [1.54, 1.807) is 24.5 Å². The summed E-state index contributed by atoms with van der Waals surface area (Å²) in [5.41, 5.74) is 1.51. The molecule has 3 aromatic heterocycles. The largest absolute Gasteiger partial charge is 0.355 e. The van der Waals surface area contributed by atoms with Crippen molar-refractivity contribution >= 4 is 5.82 Å². The Balaban J connectivity index is 1.54. The number of aromatic amines is 1. The van der Waals surface area contributed by atoms with E-state index in [4.69, 9.17) is 0 Å². The second kappa shape index (κ2) is 7.32. The molecular weight excluding hydrogens is 342 g/mol. The lowest BCUT2D eigenvalue weighted by Crippen LogP contribution is -2.45. The Hall–Kier alpha value is -3.00. The smallest absolute Gasteiger partial charge is 0.274 e. The SMILES string of the molecule is C[C@@H]1C[C@H](N(C)c2ccc(-c3ccc(-n4cccn4)c(=O)[nH]3)nn2)CCN1. The maximum Gasteiger partial charge on any atom is 0.274 e. The van der Waals surface area contributed by atoms with Gasteiger partial charge in [-0.1, -0.05) is 0 Å². The molecule has 4 rings (SSSR count). The van der Waals surface area contributed by atoms with Crippen LogP contribution in [0.4, 0.5) is 5.82 Å². The van der Waals surface area contributed by atoms with Gasteiger partial charge in [0, 0.05) is 31.5 Å². The van der Waals surface area contributed by atoms with Crippen molar-refractivity contribution in [2.75, 3.05) is 18.5 Å². The predicted molar refractivity (Wildman–Crippen MR) is 104 cm³/mol. The molecule has 8 heteroatoms. The van der Waals surface area contributed by atoms with E-state index >= 15 is 0 Å². The molecule has 0 amide bonds. The number of anilines is 1. The van der Waals surface area contributed by atoms with Gasteiger partial charge in [0.1, 0.15) is 11.4 Å². The van der Waals surface area contributed by atoms with Crippen molar-refractivity contribution in [2.24, 2.45) is 0 Å². The summed E-state index contributed by atoms with van der Waals surface area (Å²) in [6.07, 6.45) is 5.54. The molecule has 2 atom stereocenters. The standard InChI is InChI=1S/C19H23N7O/c1-13-12-14(8-10-20-13)25(2)18-7-5-16(23-24-18)15-4-6-17(19(27)22-15)26-11-3-9-21-26/h3-7,9,11,13-14,20H,8,10,12H2,1-2H3,(H,22,27)/t13-,14-/m1/s1. The molecule has 2 N–H and O–H groups in total. The van der Waals surface area contributed by atoms with Crippen LogP contribution in [0.25, 0.3) is 17.1 Å². The third-order valence-electron chi connectivity index (χ3n) is 5.07. The van der Waals surface area contributed by atoms with Gasteiger partial charge in [-0.25, -0.2) is 4.68 Å². The van der Waals surface area contributed by atoms with Gasteiger partial charge in [0.2, 0.25) is 0 Å². The van der Waals surface area contributed by atoms with Gasteiger partial charge < -0.3 is 15.2 Å². The zero-order chi connectivity index (χ0) is 18.8. The molecule has 1 aliphatic heterocycles. The predicted octanol–water partition coefficient (Wildman–Crippen LogP) is 1.59. The fraction of sp³-hybridized carbons (Fsp3) is 0.368. The minimum absolute atomic E-state index is 0.220. The summed E-state index contributed by atoms with van der Waals surface area (Å²) < 4.78 is 1.53. The zero-order valence-corrected chi connectivity index (χ0v) is 15.5. The van der Waals surface area contributed by atoms with Crippen molar-refractivity contribution in [3.8, 4) is 17.1 Å². The lowest BCUT2D eigenvalue weighted by Gasteiger charge is -2.35. The lowest BCUT2D eigenvalue weighted by atomic mass is 9.99. The van der Waals surface area contributed by atoms with Crippen LogP contribution in [0.5, 0.6) is 0 Å². The first kappa shape index (κ1) is 17.4. The minimum Gasteiger partial charge on any atom is -0.355 e. The monoisotopic (exact) mass is 365 g/mol. The molecule has 1 saturated heterocycles. The number of hydrogen-bond acceptors (Lipinski definition) is 6. The fourth-order valence-corrected chi connectivity index (χ4v) is 3.51. The summed E-state index contributed by atoms with van der Waals surface area (Å²) >= 11 is 0. The number of nitrogens with one attached hydrogen (secondary N) is 2. The highest BCUT2D eigenvalue weighted by molar-refractivity contribution is 5.56. The fourth-order valence-electron chi connectivity index (χ4n) is 3.51. The summed E-state index contributed by atoms with van der Waals surface area (Å²) in [4.78, 5) is 17.4. The number of H-pyrrole nitrogens is 1. The van der Waals surface area contributed by atoms with Crippen molar-refractivity contribution in [3.05, 3.63) is 53.1 Å². The summed E-state index contributed by atoms with van der Waals surface area (Å²) in [5.74, 6) is 0.841. The van der Waals surface area contributed by atoms with Gasteiger partial charge in [-0.15, -0.1) is 10.2 Å². The van der Waals surface area contributed by atoms with E-state index in [1.165, 1.54) is 4.68 Å². The van der Waals surface area contributed by atoms with Gasteiger partial charge in [0.25, 0.3) is 5.56 Å². The molecule has 27 heavy (non-hydrogen) atoms. The first-order valence-corrected chi connectivity index (χ1v) is 9.15. The van der Waals surface area contributed by atoms with Gasteiger partial charge in [-0.2, -0.15) is 5.10 Å². The van der Waals surface area contributed by atoms with Gasteiger partial charge >= 0.3 is 0 Å². The number of hydrogen-bond donors (Lipinski definition) is 2. The molecule has 0 aliphatic carbocycles. The first-order valence-electron chi connectivity index (χ1n) is 9.15. The third-order valence-corrected chi connectivity index (χ3v) is 5.07. The van der Waals surface area contributed by atoms with Gasteiger partial charge in [0.05, 0.1) is 5.69 Å². The molecule has 0 saturated carbocycles. The molecule has 140 valence electrons. The first-order chi connectivity index (χ1) is 13.1. The normalized spacial score (nSPS) is 19.8. The van der Waals surface area contributed by atoms with Crippen LogP contribution in [0.1, 0.15) is 19.8 Å². The Morgan fingerprint density at radius 3 is 2.78 bits per heavy atom. The van der Waals surface area contributed by atoms with Crippen LogP contribution in [-0.2, 0) is 0 Å². The maximum atomic E-state index is 12.3. The average Bonchev–Trinajstić information content (AvgIpc) is 3.22. The zero-order valence-electron chi connectivity index (χ0n) is 15.5. The van der Waals surface area contributed by atoms with Crippen molar-refractivity contribution in [2.45, 2.75) is 31.8 Å². The van der Waals surface area contributed by atoms with Crippen LogP contribution >= 0.6 is 0 Å². The highest BCUT2D eigenvalue weighted by Crippen LogP contribution is 2.21. The molecule has 0 aromatic carbocycles. The molecule has 3 aromatic rings. The maximum absolute atomic E-state index is 12.3. The van der Waals surface area contributed by atoms with Crippen molar-refractivity contribution < 1.29 is 0 Å². The van der Waals surface area contributed by atoms with Gasteiger partial charge in [-0.05, 0) is 56.6 Å². The van der Waals surface area contributed by atoms with Crippen LogP contribution in [-0.4, -0.2) is 50.6 Å². The second-order valence-electron chi connectivity index (χ2n) is 6.96. The quantitative estimate of drug-likeness (QED) is 0.730. The molecule has 8 nitrogen and oxygen atoms in total. The summed E-state index contributed by atoms with van der Waals surface area (Å²) in [6, 6.07) is 10.1. The molecule has 1 fully saturated rings. The molecule has 0 bridgehead atoms. The van der Waals surface area contributed by atoms with Crippen molar-refractivity contribution in [1.82, 2.24) is 30.3 Å². The number of rotatable bonds is 4. The Morgan fingerprint density at radius 2 is 2.11 bits per heavy atom. The molecule has 0 radical (unpaired) electrons. The highest BCUT2D eigenvalue weighted by atomic mass is 16.1. The number of nitrogens with zero attached hydrogens (tertiary/aromatic N) is 5. The van der Waals surface area contributed by atoms with Crippen LogP contribution in [0.3, 0.4) is 0 Å². The minimum atomic E-state index is -0.220. The van der Waals surface area contributed by atoms with Gasteiger partial charge in [-0.3, -0.25) is 4.79 Å². The topological polar surface area (TPSA) is 91.7 Å². The van der Waals surface area contributed by atoms with E-state index in [2.05, 4.69) is 44.5 Å². The summed E-state index contributed by atoms with van der Waals surface area (Å²) in [5, 5.41) is 16.2. The third kappa shape index (κ3) is 3.61. The molecule has 0 unspecified atom stereocenters. The van der Waals surface area contributed by atoms with E-state index < -0.39 is 0 Å². The van der Waals surface area contributed by atoms with Crippen LogP contribution in [0, 0.1) is 0 Å². The molecule has 1 aliphatic rings. The van der Waals surface area contributed by atoms with Crippen LogP contribution in [0.15, 0.2) is 47.5 Å². The van der Waals surface area contributed by atoms with Crippen LogP contribution < -0.4 is 15.8 Å². The Morgan fingerprint density at radius 1 is 1.22 bits per heavy atom. The van der Waals surface area contributed by atoms with Crippen molar-refractivity contribution in [3.63, 3.8) is 0 Å². The summed E-state index contributed by atoms with van der Waals surface area (Å²) in [6.45, 7) is 3.23. The van der Waals surface area contributed by atoms with Gasteiger partial charge in [0.15, 0.2) is 5.82 Å². The van der Waals surface area contributed by atoms with E-state index in [9.17, 15) is 4.79 Å². The van der Waals surface area contributed by atoms with E-state index in [0.717, 1.165) is 25.2 Å². The summed E-state index contributed by atoms with van der Waals surface area (Å²) in [7, 11) is 2.06. The second-order valence-corrected chi connectivity index (χ2v) is 6.96. The van der Waals surface area contributed by atoms with E-state index in [-0.39, 0.29) is 5.56 Å². The average molecular weight is 365 g/mol. The highest BCUT2D eigenvalue weighted by Gasteiger charge is 2.23. The lowest BCUT2D eigenvalue weighted by molar-refractivity contribution is 0.370. The molecular formula is C19H23N7O. The van der Waals surface area contributed by atoms with Crippen LogP contribution in [0.2, 0.25) is 0 Å². The number of aromatic nitrogens is 5. The molecule has 0 spiro atoms. The Kier molecular flexibility index (Phi) is 4.72. The molecule has 4 heterocycles. The van der Waals surface area contributed by atoms with E-state index in [0.29, 0.717) is 29.2 Å². The Labute approximate surface area is 157 Å². The Bertz CT molecular complexity index is 949. The van der Waals surface area contributed by atoms with Crippen molar-refractivity contribution in [1.29, 1.82) is 0 Å².